The van der Waals surface area contributed by atoms with Crippen LogP contribution in [-0.2, 0) is 67.5 Å². The largest absolute Gasteiger partial charge is 0.508 e. The number of fused-ring (bicyclic) bond motifs is 5. The summed E-state index contributed by atoms with van der Waals surface area (Å²) in [5, 5.41) is 27.4. The Balaban J connectivity index is 0.000000125. The number of aromatic nitrogens is 5. The second kappa shape index (κ2) is 38.5. The number of phenolic OH excluding ortho intramolecular Hbond substituents is 1. The summed E-state index contributed by atoms with van der Waals surface area (Å²) in [7, 11) is 3.09. The first kappa shape index (κ1) is 93.1. The molecule has 33 heteroatoms. The first-order valence-electron chi connectivity index (χ1n) is 44.9. The number of amides is 16. The van der Waals surface area contributed by atoms with E-state index in [0.29, 0.717) is 87.1 Å². The van der Waals surface area contributed by atoms with Crippen LogP contribution in [0.15, 0.2) is 255 Å². The number of nitrogens with one attached hydrogen (secondary N) is 7. The van der Waals surface area contributed by atoms with Gasteiger partial charge in [-0.1, -0.05) is 157 Å². The van der Waals surface area contributed by atoms with Crippen molar-refractivity contribution in [1.29, 1.82) is 0 Å². The van der Waals surface area contributed by atoms with Crippen LogP contribution >= 0.6 is 0 Å². The van der Waals surface area contributed by atoms with Crippen LogP contribution in [0.2, 0.25) is 0 Å². The van der Waals surface area contributed by atoms with E-state index in [4.69, 9.17) is 14.2 Å². The predicted octanol–water partition coefficient (Wildman–Crippen LogP) is 12.1. The van der Waals surface area contributed by atoms with Gasteiger partial charge in [-0.25, -0.2) is 24.2 Å². The number of aromatic hydroxyl groups is 1. The van der Waals surface area contributed by atoms with Crippen LogP contribution in [0.5, 0.6) is 23.0 Å². The number of urea groups is 4. The first-order chi connectivity index (χ1) is 68.1. The minimum absolute atomic E-state index is 0.000814. The van der Waals surface area contributed by atoms with E-state index in [1.165, 1.54) is 21.9 Å². The number of carbonyl (C=O) groups is 12. The molecule has 16 amide bonds. The lowest BCUT2D eigenvalue weighted by atomic mass is 9.86. The Bertz CT molecular complexity index is 7470. The highest BCUT2D eigenvalue weighted by Gasteiger charge is 2.58. The number of methoxy groups -OCH3 is 2. The maximum absolute atomic E-state index is 13.6. The van der Waals surface area contributed by atoms with Crippen molar-refractivity contribution >= 4 is 82.4 Å². The maximum Gasteiger partial charge on any atom is 0.326 e. The highest BCUT2D eigenvalue weighted by Crippen LogP contribution is 2.42. The molecule has 0 spiro atoms. The third kappa shape index (κ3) is 18.1. The van der Waals surface area contributed by atoms with Gasteiger partial charge in [0.2, 0.25) is 0 Å². The average molecular weight is 1880 g/mol. The molecule has 0 saturated carbocycles. The number of phenols is 1. The maximum atomic E-state index is 13.6. The van der Waals surface area contributed by atoms with E-state index >= 15 is 0 Å². The Morgan fingerprint density at radius 2 is 0.837 bits per heavy atom. The van der Waals surface area contributed by atoms with Gasteiger partial charge in [-0.2, -0.15) is 0 Å². The first-order valence-corrected chi connectivity index (χ1v) is 44.9. The third-order valence-electron chi connectivity index (χ3n) is 26.0. The number of imide groups is 4. The number of carbonyl (C=O) groups excluding carboxylic acids is 12. The van der Waals surface area contributed by atoms with Gasteiger partial charge in [-0.05, 0) is 181 Å². The fraction of sp³-hybridized carbons (Fsp3) is 0.194. The third-order valence-corrected chi connectivity index (χ3v) is 26.0. The second-order valence-electron chi connectivity index (χ2n) is 34.8. The standard InChI is InChI=1S/C32H28N4O4.C27H21N5O4.C25H22N4O4.C24H20N4O4/c1-4-6-16-36-31(39)34-30(38)32(36,25-11-8-23(9-12-25)28-18-22(3)14-15-33-28)21-35-20-24-10-13-26(40-17-7-5-2)19-27(24)29(35)37;1-36-19-11-8-17-14-32(24(33)20(17)12-19)15-27(25(34)30-26(35)31-27)18-9-6-16(7-10-18)23-13-28-21-4-2-3-5-22(21)29-23;1-15-4-3-11-26-21(15)16-5-8-18(9-6-16)25(23(31)27-24(32)28-25)14-29-13-17-7-10-19(33-2)12-20(17)22(29)30;1-14-2-9-20(25-11-14)15-3-6-17(7-4-15)24(22(31)26-23(32)27-24)13-28-12-16-5-8-18(29)10-19(16)21(28)30/h8-15,18-19H,16-17,20-21H2,1-3H3,(H,34,38,39);2-13H,14-15H2,1H3,(H2,30,31,34,35);3-12H,13-14H2,1-2H3,(H2,27,28,31,32);2-11,29H,12-13H2,1H3,(H2,26,27,31,32)/t32-;27-;25-;24-/m0001/s1. The molecular formula is C108H91N17O16. The molecule has 4 fully saturated rings. The van der Waals surface area contributed by atoms with Crippen molar-refractivity contribution in [2.45, 2.75) is 83.0 Å². The lowest BCUT2D eigenvalue weighted by molar-refractivity contribution is -0.128. The number of pyridine rings is 3. The zero-order valence-corrected chi connectivity index (χ0v) is 77.4. The molecule has 4 saturated heterocycles. The molecule has 9 aromatic carbocycles. The molecule has 21 rings (SSSR count). The van der Waals surface area contributed by atoms with Crippen LogP contribution in [0.4, 0.5) is 19.2 Å². The van der Waals surface area contributed by atoms with Crippen molar-refractivity contribution in [2.75, 3.05) is 53.6 Å². The monoisotopic (exact) mass is 1880 g/mol. The molecule has 4 aromatic heterocycles. The topological polar surface area (TPSA) is 418 Å². The Kier molecular flexibility index (Phi) is 25.4. The van der Waals surface area contributed by atoms with Crippen molar-refractivity contribution < 1.29 is 76.9 Å². The van der Waals surface area contributed by atoms with Crippen molar-refractivity contribution in [2.24, 2.45) is 0 Å². The highest BCUT2D eigenvalue weighted by atomic mass is 16.5. The van der Waals surface area contributed by atoms with Gasteiger partial charge in [0.15, 0.2) is 22.2 Å². The summed E-state index contributed by atoms with van der Waals surface area (Å²) in [4.78, 5) is 185. The number of ether oxygens (including phenoxy) is 3. The predicted molar refractivity (Wildman–Crippen MR) is 517 cm³/mol. The number of para-hydroxylation sites is 2. The number of hydrogen-bond acceptors (Lipinski definition) is 21. The molecule has 12 heterocycles. The zero-order chi connectivity index (χ0) is 98.8. The van der Waals surface area contributed by atoms with Crippen molar-refractivity contribution in [3.05, 3.63) is 339 Å². The minimum atomic E-state index is -1.47. The van der Waals surface area contributed by atoms with Crippen LogP contribution in [-0.4, -0.2) is 179 Å². The average Bonchev–Trinajstić information content (AvgIpc) is 1.60. The number of hydrogen-bond donors (Lipinski definition) is 8. The summed E-state index contributed by atoms with van der Waals surface area (Å²) in [5.41, 5.74) is 13.1. The molecule has 704 valence electrons. The van der Waals surface area contributed by atoms with Gasteiger partial charge in [0.1, 0.15) is 29.6 Å². The molecular weight excluding hydrogens is 1790 g/mol. The van der Waals surface area contributed by atoms with E-state index in [0.717, 1.165) is 89.3 Å². The van der Waals surface area contributed by atoms with E-state index in [-0.39, 0.29) is 75.3 Å². The van der Waals surface area contributed by atoms with E-state index in [1.807, 2.05) is 160 Å². The molecule has 0 bridgehead atoms. The van der Waals surface area contributed by atoms with E-state index in [2.05, 4.69) is 85.8 Å². The lowest BCUT2D eigenvalue weighted by Crippen LogP contribution is -2.54. The normalized spacial score (nSPS) is 18.8. The van der Waals surface area contributed by atoms with Crippen LogP contribution in [0, 0.1) is 44.5 Å². The molecule has 8 aliphatic heterocycles. The fourth-order valence-electron chi connectivity index (χ4n) is 18.6. The van der Waals surface area contributed by atoms with Crippen molar-refractivity contribution in [3.8, 4) is 91.7 Å². The Morgan fingerprint density at radius 1 is 0.383 bits per heavy atom. The summed E-state index contributed by atoms with van der Waals surface area (Å²) < 4.78 is 16.1. The molecule has 4 atom stereocenters. The molecule has 141 heavy (non-hydrogen) atoms. The van der Waals surface area contributed by atoms with Gasteiger partial charge in [0.25, 0.3) is 47.3 Å². The Morgan fingerprint density at radius 3 is 1.30 bits per heavy atom. The zero-order valence-electron chi connectivity index (χ0n) is 77.4. The van der Waals surface area contributed by atoms with Crippen LogP contribution in [0.25, 0.3) is 56.1 Å². The van der Waals surface area contributed by atoms with Crippen molar-refractivity contribution in [1.82, 2.24) is 86.6 Å². The summed E-state index contributed by atoms with van der Waals surface area (Å²) in [6.07, 6.45) is 6.96. The van der Waals surface area contributed by atoms with Crippen LogP contribution in [0.1, 0.15) is 116 Å². The smallest absolute Gasteiger partial charge is 0.326 e. The number of benzene rings is 9. The van der Waals surface area contributed by atoms with Gasteiger partial charge < -0.3 is 54.9 Å². The van der Waals surface area contributed by atoms with Gasteiger partial charge >= 0.3 is 24.1 Å². The number of nitrogens with zero attached hydrogens (tertiary/aromatic N) is 10. The summed E-state index contributed by atoms with van der Waals surface area (Å²) in [6, 6.07) is 66.7. The molecule has 0 aliphatic carbocycles. The molecule has 8 aliphatic rings. The SMILES string of the molecule is CC#CCOc1ccc2c(c1)C(=O)N(C[C@]1(c3ccc(-c4cc(C)ccn4)cc3)C(=O)NC(=O)N1CC#CC)C2.COc1ccc2c(c1)C(=O)N(C[C@@]1(c3ccc(-c4cnc5ccccc5n4)cc3)NC(=O)NC1=O)C2.COc1ccc2c(c1)C(=O)N(C[C@@]1(c3ccc(-c4ncccc4C)cc3)NC(=O)NC1=O)C2.Cc1ccc(-c2ccc([C@@]3(CN4Cc5ccc(O)cc5C4=O)NC(=O)NC3=O)cc2)nc1. The van der Waals surface area contributed by atoms with Crippen LogP contribution < -0.4 is 51.4 Å². The Hall–Kier alpha value is -18.3. The molecule has 13 aromatic rings. The van der Waals surface area contributed by atoms with Crippen molar-refractivity contribution in [3.63, 3.8) is 0 Å². The number of rotatable bonds is 21. The molecule has 0 unspecified atom stereocenters. The van der Waals surface area contributed by atoms with E-state index in [9.17, 15) is 62.6 Å². The van der Waals surface area contributed by atoms with E-state index < -0.39 is 69.9 Å². The van der Waals surface area contributed by atoms with Gasteiger partial charge in [-0.3, -0.25) is 84.5 Å². The minimum Gasteiger partial charge on any atom is -0.508 e. The molecule has 8 N–H and O–H groups in total. The summed E-state index contributed by atoms with van der Waals surface area (Å²) in [6.45, 7) is 10.7. The van der Waals surface area contributed by atoms with E-state index in [1.54, 1.807) is 146 Å². The van der Waals surface area contributed by atoms with Gasteiger partial charge in [0, 0.05) is 89.3 Å². The summed E-state index contributed by atoms with van der Waals surface area (Å²) in [5.74, 6) is 10.1. The van der Waals surface area contributed by atoms with Gasteiger partial charge in [0.05, 0.1) is 86.9 Å². The Labute approximate surface area is 808 Å². The lowest BCUT2D eigenvalue weighted by Gasteiger charge is -2.37. The number of aryl methyl sites for hydroxylation is 3. The molecule has 33 nitrogen and oxygen atoms in total. The molecule has 0 radical (unpaired) electrons. The quantitative estimate of drug-likeness (QED) is 0.0245. The van der Waals surface area contributed by atoms with Gasteiger partial charge in [-0.15, -0.1) is 11.8 Å². The second-order valence-corrected chi connectivity index (χ2v) is 34.8. The fourth-order valence-corrected chi connectivity index (χ4v) is 18.6. The summed E-state index contributed by atoms with van der Waals surface area (Å²) >= 11 is 0. The van der Waals surface area contributed by atoms with Crippen LogP contribution in [0.3, 0.4) is 0 Å². The highest BCUT2D eigenvalue weighted by molar-refractivity contribution is 6.12.